The van der Waals surface area contributed by atoms with E-state index >= 15 is 0 Å². The highest BCUT2D eigenvalue weighted by molar-refractivity contribution is 7.92. The smallest absolute Gasteiger partial charge is 0.264 e. The number of carbonyl (C=O) groups excluding carboxylic acids is 1. The average Bonchev–Trinajstić information content (AvgIpc) is 2.51. The minimum Gasteiger partial charge on any atom is -0.396 e. The number of primary amides is 1. The first-order chi connectivity index (χ1) is 10.7. The molecular weight excluding hydrogens is 361 g/mol. The van der Waals surface area contributed by atoms with Crippen LogP contribution in [0.15, 0.2) is 41.3 Å². The van der Waals surface area contributed by atoms with Crippen LogP contribution in [0.25, 0.3) is 0 Å². The number of amides is 1. The predicted molar refractivity (Wildman–Crippen MR) is 91.4 cm³/mol. The fourth-order valence-electron chi connectivity index (χ4n) is 1.95. The van der Waals surface area contributed by atoms with Crippen LogP contribution in [0.1, 0.15) is 10.4 Å². The summed E-state index contributed by atoms with van der Waals surface area (Å²) in [5.74, 6) is -0.740. The first-order valence-corrected chi connectivity index (χ1v) is 8.48. The molecule has 0 aliphatic heterocycles. The Morgan fingerprint density at radius 2 is 1.65 bits per heavy atom. The largest absolute Gasteiger partial charge is 0.396 e. The number of carbonyl (C=O) groups is 1. The summed E-state index contributed by atoms with van der Waals surface area (Å²) < 4.78 is 26.4. The SMILES string of the molecule is CN(c1ccccc1C(N)=O)S(=O)(=O)c1cc(Cl)c(N)c(Cl)c1. The fraction of sp³-hybridized carbons (Fsp3) is 0.0714. The number of para-hydroxylation sites is 1. The second-order valence-electron chi connectivity index (χ2n) is 4.65. The zero-order valence-corrected chi connectivity index (χ0v) is 14.3. The van der Waals surface area contributed by atoms with E-state index in [0.717, 1.165) is 4.31 Å². The van der Waals surface area contributed by atoms with Gasteiger partial charge in [0.1, 0.15) is 0 Å². The maximum Gasteiger partial charge on any atom is 0.264 e. The summed E-state index contributed by atoms with van der Waals surface area (Å²) in [6.07, 6.45) is 0. The first-order valence-electron chi connectivity index (χ1n) is 6.28. The molecule has 122 valence electrons. The number of sulfonamides is 1. The summed E-state index contributed by atoms with van der Waals surface area (Å²) in [6, 6.07) is 8.48. The van der Waals surface area contributed by atoms with Crippen molar-refractivity contribution in [2.75, 3.05) is 17.1 Å². The van der Waals surface area contributed by atoms with Crippen molar-refractivity contribution in [3.8, 4) is 0 Å². The molecule has 2 rings (SSSR count). The van der Waals surface area contributed by atoms with E-state index < -0.39 is 15.9 Å². The molecule has 2 aromatic carbocycles. The van der Waals surface area contributed by atoms with Gasteiger partial charge in [-0.25, -0.2) is 8.42 Å². The topological polar surface area (TPSA) is 106 Å². The van der Waals surface area contributed by atoms with E-state index in [1.807, 2.05) is 0 Å². The third-order valence-electron chi connectivity index (χ3n) is 3.22. The van der Waals surface area contributed by atoms with Crippen LogP contribution in [0, 0.1) is 0 Å². The van der Waals surface area contributed by atoms with E-state index in [9.17, 15) is 13.2 Å². The lowest BCUT2D eigenvalue weighted by Gasteiger charge is -2.22. The Kier molecular flexibility index (Phi) is 4.74. The van der Waals surface area contributed by atoms with Crippen LogP contribution >= 0.6 is 23.2 Å². The molecular formula is C14H13Cl2N3O3S. The van der Waals surface area contributed by atoms with Gasteiger partial charge < -0.3 is 11.5 Å². The highest BCUT2D eigenvalue weighted by Gasteiger charge is 2.25. The van der Waals surface area contributed by atoms with Crippen molar-refractivity contribution >= 4 is 50.5 Å². The molecule has 0 heterocycles. The predicted octanol–water partition coefficient (Wildman–Crippen LogP) is 2.50. The van der Waals surface area contributed by atoms with Gasteiger partial charge in [0.15, 0.2) is 0 Å². The maximum absolute atomic E-state index is 12.7. The number of nitrogens with zero attached hydrogens (tertiary/aromatic N) is 1. The van der Waals surface area contributed by atoms with Gasteiger partial charge in [-0.05, 0) is 24.3 Å². The lowest BCUT2D eigenvalue weighted by molar-refractivity contribution is 0.100. The fourth-order valence-corrected chi connectivity index (χ4v) is 3.84. The highest BCUT2D eigenvalue weighted by atomic mass is 35.5. The van der Waals surface area contributed by atoms with Crippen molar-refractivity contribution < 1.29 is 13.2 Å². The Bertz CT molecular complexity index is 862. The van der Waals surface area contributed by atoms with Crippen LogP contribution in [0.3, 0.4) is 0 Å². The van der Waals surface area contributed by atoms with Gasteiger partial charge in [0.2, 0.25) is 0 Å². The van der Waals surface area contributed by atoms with Crippen molar-refractivity contribution in [3.05, 3.63) is 52.0 Å². The molecule has 0 fully saturated rings. The Morgan fingerprint density at radius 3 is 2.17 bits per heavy atom. The van der Waals surface area contributed by atoms with Gasteiger partial charge >= 0.3 is 0 Å². The number of hydrogen-bond donors (Lipinski definition) is 2. The Morgan fingerprint density at radius 1 is 1.13 bits per heavy atom. The van der Waals surface area contributed by atoms with Gasteiger partial charge in [-0.3, -0.25) is 9.10 Å². The monoisotopic (exact) mass is 373 g/mol. The maximum atomic E-state index is 12.7. The van der Waals surface area contributed by atoms with Gasteiger partial charge in [-0.1, -0.05) is 35.3 Å². The molecule has 0 bridgehead atoms. The number of benzene rings is 2. The van der Waals surface area contributed by atoms with E-state index in [1.165, 1.54) is 31.3 Å². The number of anilines is 2. The Hall–Kier alpha value is -1.96. The minimum absolute atomic E-state index is 0.0210. The molecule has 0 unspecified atom stereocenters. The van der Waals surface area contributed by atoms with Crippen LogP contribution in [0.4, 0.5) is 11.4 Å². The minimum atomic E-state index is -4.01. The second kappa shape index (κ2) is 6.27. The average molecular weight is 374 g/mol. The summed E-state index contributed by atoms with van der Waals surface area (Å²) >= 11 is 11.8. The Balaban J connectivity index is 2.59. The molecule has 4 N–H and O–H groups in total. The molecule has 0 saturated heterocycles. The number of rotatable bonds is 4. The van der Waals surface area contributed by atoms with Crippen molar-refractivity contribution in [1.29, 1.82) is 0 Å². The molecule has 0 aliphatic carbocycles. The van der Waals surface area contributed by atoms with Gasteiger partial charge in [0.25, 0.3) is 15.9 Å². The number of nitrogen functional groups attached to an aromatic ring is 1. The summed E-state index contributed by atoms with van der Waals surface area (Å²) in [5.41, 5.74) is 11.2. The van der Waals surface area contributed by atoms with E-state index in [4.69, 9.17) is 34.7 Å². The lowest BCUT2D eigenvalue weighted by atomic mass is 10.2. The van der Waals surface area contributed by atoms with Crippen LogP contribution < -0.4 is 15.8 Å². The molecule has 1 amide bonds. The third-order valence-corrected chi connectivity index (χ3v) is 5.59. The van der Waals surface area contributed by atoms with E-state index in [1.54, 1.807) is 12.1 Å². The van der Waals surface area contributed by atoms with Gasteiger partial charge in [-0.2, -0.15) is 0 Å². The quantitative estimate of drug-likeness (QED) is 0.802. The van der Waals surface area contributed by atoms with Gasteiger partial charge in [0.05, 0.1) is 31.9 Å². The lowest BCUT2D eigenvalue weighted by Crippen LogP contribution is -2.29. The second-order valence-corrected chi connectivity index (χ2v) is 7.44. The summed E-state index contributed by atoms with van der Waals surface area (Å²) in [5, 5.41) is 0.0420. The van der Waals surface area contributed by atoms with Crippen molar-refractivity contribution in [2.45, 2.75) is 4.90 Å². The third kappa shape index (κ3) is 3.21. The molecule has 6 nitrogen and oxygen atoms in total. The molecule has 0 aliphatic rings. The molecule has 23 heavy (non-hydrogen) atoms. The van der Waals surface area contributed by atoms with Gasteiger partial charge in [-0.15, -0.1) is 0 Å². The van der Waals surface area contributed by atoms with Crippen molar-refractivity contribution in [1.82, 2.24) is 0 Å². The van der Waals surface area contributed by atoms with Gasteiger partial charge in [0, 0.05) is 7.05 Å². The molecule has 0 aromatic heterocycles. The molecule has 0 atom stereocenters. The van der Waals surface area contributed by atoms with Crippen LogP contribution in [0.5, 0.6) is 0 Å². The van der Waals surface area contributed by atoms with Crippen LogP contribution in [-0.2, 0) is 10.0 Å². The van der Waals surface area contributed by atoms with E-state index in [2.05, 4.69) is 0 Å². The van der Waals surface area contributed by atoms with E-state index in [-0.39, 0.29) is 31.9 Å². The van der Waals surface area contributed by atoms with Crippen molar-refractivity contribution in [2.24, 2.45) is 5.73 Å². The number of halogens is 2. The standard InChI is InChI=1S/C14H13Cl2N3O3S/c1-19(12-5-3-2-4-9(12)14(18)20)23(21,22)8-6-10(15)13(17)11(16)7-8/h2-7H,17H2,1H3,(H2,18,20). The zero-order chi connectivity index (χ0) is 17.4. The number of nitrogens with two attached hydrogens (primary N) is 2. The highest BCUT2D eigenvalue weighted by Crippen LogP contribution is 2.33. The summed E-state index contributed by atoms with van der Waals surface area (Å²) in [6.45, 7) is 0. The molecule has 0 saturated carbocycles. The molecule has 2 aromatic rings. The molecule has 9 heteroatoms. The van der Waals surface area contributed by atoms with E-state index in [0.29, 0.717) is 0 Å². The normalized spacial score (nSPS) is 11.3. The summed E-state index contributed by atoms with van der Waals surface area (Å²) in [7, 11) is -2.71. The number of hydrogen-bond acceptors (Lipinski definition) is 4. The Labute approximate surface area is 143 Å². The molecule has 0 radical (unpaired) electrons. The van der Waals surface area contributed by atoms with Crippen LogP contribution in [-0.4, -0.2) is 21.4 Å². The van der Waals surface area contributed by atoms with Crippen LogP contribution in [0.2, 0.25) is 10.0 Å². The van der Waals surface area contributed by atoms with Crippen molar-refractivity contribution in [3.63, 3.8) is 0 Å². The first kappa shape index (κ1) is 17.4. The zero-order valence-electron chi connectivity index (χ0n) is 12.0. The summed E-state index contributed by atoms with van der Waals surface area (Å²) in [4.78, 5) is 11.3. The molecule has 0 spiro atoms.